The standard InChI is InChI=1S/C19H23NO5S/c1-15-7-9-19(10-8-15)26(22,23)20(12-18-14-25-18)11-16(21)13-24-17-5-3-2-4-6-17/h2-10,16,18,21H,11-14H2,1H3/t16-,18+/m1/s1. The number of aryl methyl sites for hydroxylation is 1. The molecule has 2 aromatic carbocycles. The minimum absolute atomic E-state index is 0.00938. The highest BCUT2D eigenvalue weighted by molar-refractivity contribution is 7.89. The monoisotopic (exact) mass is 377 g/mol. The van der Waals surface area contributed by atoms with Crippen molar-refractivity contribution in [3.05, 3.63) is 60.2 Å². The van der Waals surface area contributed by atoms with Crippen molar-refractivity contribution in [1.82, 2.24) is 4.31 Å². The molecule has 0 radical (unpaired) electrons. The first kappa shape index (κ1) is 18.8. The summed E-state index contributed by atoms with van der Waals surface area (Å²) in [5.74, 6) is 0.630. The van der Waals surface area contributed by atoms with Crippen molar-refractivity contribution < 1.29 is 23.0 Å². The maximum atomic E-state index is 12.9. The molecule has 0 bridgehead atoms. The van der Waals surface area contributed by atoms with Crippen LogP contribution >= 0.6 is 0 Å². The predicted octanol–water partition coefficient (Wildman–Crippen LogP) is 1.82. The Labute approximate surface area is 154 Å². The minimum atomic E-state index is -3.71. The Morgan fingerprint density at radius 2 is 1.85 bits per heavy atom. The van der Waals surface area contributed by atoms with Gasteiger partial charge in [0.15, 0.2) is 0 Å². The van der Waals surface area contributed by atoms with E-state index in [9.17, 15) is 13.5 Å². The normalized spacial score (nSPS) is 17.9. The molecule has 7 heteroatoms. The molecule has 26 heavy (non-hydrogen) atoms. The number of para-hydroxylation sites is 1. The molecule has 3 rings (SSSR count). The third-order valence-corrected chi connectivity index (χ3v) is 5.91. The minimum Gasteiger partial charge on any atom is -0.491 e. The van der Waals surface area contributed by atoms with Gasteiger partial charge < -0.3 is 14.6 Å². The van der Waals surface area contributed by atoms with E-state index in [4.69, 9.17) is 9.47 Å². The molecule has 6 nitrogen and oxygen atoms in total. The van der Waals surface area contributed by atoms with Crippen LogP contribution in [0.25, 0.3) is 0 Å². The molecular formula is C19H23NO5S. The number of hydrogen-bond donors (Lipinski definition) is 1. The summed E-state index contributed by atoms with van der Waals surface area (Å²) in [5.41, 5.74) is 0.984. The van der Waals surface area contributed by atoms with Crippen molar-refractivity contribution in [2.45, 2.75) is 24.0 Å². The number of rotatable bonds is 9. The van der Waals surface area contributed by atoms with Crippen LogP contribution in [0.4, 0.5) is 0 Å². The van der Waals surface area contributed by atoms with Gasteiger partial charge in [0.25, 0.3) is 0 Å². The van der Waals surface area contributed by atoms with E-state index in [-0.39, 0.29) is 30.7 Å². The van der Waals surface area contributed by atoms with Crippen LogP contribution in [0.5, 0.6) is 5.75 Å². The van der Waals surface area contributed by atoms with Gasteiger partial charge in [-0.1, -0.05) is 35.9 Å². The largest absolute Gasteiger partial charge is 0.491 e. The maximum Gasteiger partial charge on any atom is 0.243 e. The fourth-order valence-electron chi connectivity index (χ4n) is 2.53. The van der Waals surface area contributed by atoms with E-state index in [1.807, 2.05) is 25.1 Å². The van der Waals surface area contributed by atoms with Crippen molar-refractivity contribution >= 4 is 10.0 Å². The first-order valence-electron chi connectivity index (χ1n) is 8.49. The van der Waals surface area contributed by atoms with E-state index in [2.05, 4.69) is 0 Å². The van der Waals surface area contributed by atoms with Gasteiger partial charge in [-0.15, -0.1) is 0 Å². The second kappa shape index (κ2) is 8.18. The number of nitrogens with zero attached hydrogens (tertiary/aromatic N) is 1. The highest BCUT2D eigenvalue weighted by atomic mass is 32.2. The van der Waals surface area contributed by atoms with Gasteiger partial charge >= 0.3 is 0 Å². The Balaban J connectivity index is 1.67. The van der Waals surface area contributed by atoms with Crippen LogP contribution in [0.1, 0.15) is 5.56 Å². The van der Waals surface area contributed by atoms with Crippen LogP contribution in [-0.4, -0.2) is 56.3 Å². The summed E-state index contributed by atoms with van der Waals surface area (Å²) in [7, 11) is -3.71. The quantitative estimate of drug-likeness (QED) is 0.675. The van der Waals surface area contributed by atoms with E-state index in [1.54, 1.807) is 36.4 Å². The molecule has 0 unspecified atom stereocenters. The van der Waals surface area contributed by atoms with E-state index >= 15 is 0 Å². The van der Waals surface area contributed by atoms with E-state index in [0.717, 1.165) is 5.56 Å². The predicted molar refractivity (Wildman–Crippen MR) is 97.6 cm³/mol. The molecule has 1 fully saturated rings. The van der Waals surface area contributed by atoms with E-state index in [0.29, 0.717) is 12.4 Å². The molecule has 2 aromatic rings. The van der Waals surface area contributed by atoms with Gasteiger partial charge in [0.05, 0.1) is 17.6 Å². The molecule has 0 spiro atoms. The number of ether oxygens (including phenoxy) is 2. The first-order valence-corrected chi connectivity index (χ1v) is 9.93. The molecule has 0 saturated carbocycles. The number of epoxide rings is 1. The average molecular weight is 377 g/mol. The second-order valence-corrected chi connectivity index (χ2v) is 8.31. The molecule has 0 amide bonds. The van der Waals surface area contributed by atoms with Gasteiger partial charge in [-0.05, 0) is 31.2 Å². The number of aliphatic hydroxyl groups excluding tert-OH is 1. The fourth-order valence-corrected chi connectivity index (χ4v) is 4.04. The third kappa shape index (κ3) is 5.04. The molecule has 2 atom stereocenters. The summed E-state index contributed by atoms with van der Waals surface area (Å²) >= 11 is 0. The first-order chi connectivity index (χ1) is 12.4. The maximum absolute atomic E-state index is 12.9. The summed E-state index contributed by atoms with van der Waals surface area (Å²) in [6.45, 7) is 2.62. The zero-order valence-electron chi connectivity index (χ0n) is 14.6. The van der Waals surface area contributed by atoms with Crippen LogP contribution in [0.3, 0.4) is 0 Å². The zero-order valence-corrected chi connectivity index (χ0v) is 15.4. The van der Waals surface area contributed by atoms with Gasteiger partial charge in [-0.3, -0.25) is 0 Å². The van der Waals surface area contributed by atoms with Crippen molar-refractivity contribution in [2.75, 3.05) is 26.3 Å². The summed E-state index contributed by atoms with van der Waals surface area (Å²) in [6.07, 6.45) is -1.06. The van der Waals surface area contributed by atoms with Crippen LogP contribution in [0.15, 0.2) is 59.5 Å². The SMILES string of the molecule is Cc1ccc(S(=O)(=O)N(C[C@@H](O)COc2ccccc2)C[C@H]2CO2)cc1. The van der Waals surface area contributed by atoms with Crippen molar-refractivity contribution in [3.63, 3.8) is 0 Å². The highest BCUT2D eigenvalue weighted by Crippen LogP contribution is 2.21. The molecule has 1 aliphatic heterocycles. The van der Waals surface area contributed by atoms with Gasteiger partial charge in [0.2, 0.25) is 10.0 Å². The van der Waals surface area contributed by atoms with Crippen LogP contribution in [0.2, 0.25) is 0 Å². The molecular weight excluding hydrogens is 354 g/mol. The lowest BCUT2D eigenvalue weighted by Gasteiger charge is -2.24. The van der Waals surface area contributed by atoms with Crippen LogP contribution in [-0.2, 0) is 14.8 Å². The highest BCUT2D eigenvalue weighted by Gasteiger charge is 2.33. The number of hydrogen-bond acceptors (Lipinski definition) is 5. The van der Waals surface area contributed by atoms with Crippen molar-refractivity contribution in [1.29, 1.82) is 0 Å². The van der Waals surface area contributed by atoms with Crippen LogP contribution in [0, 0.1) is 6.92 Å². The van der Waals surface area contributed by atoms with Crippen molar-refractivity contribution in [2.24, 2.45) is 0 Å². The molecule has 0 aromatic heterocycles. The molecule has 1 heterocycles. The third-order valence-electron chi connectivity index (χ3n) is 4.07. The molecule has 1 aliphatic rings. The Morgan fingerprint density at radius 3 is 2.46 bits per heavy atom. The molecule has 140 valence electrons. The summed E-state index contributed by atoms with van der Waals surface area (Å²) in [5, 5.41) is 10.3. The fraction of sp³-hybridized carbons (Fsp3) is 0.368. The lowest BCUT2D eigenvalue weighted by Crippen LogP contribution is -2.41. The summed E-state index contributed by atoms with van der Waals surface area (Å²) in [4.78, 5) is 0.208. The Morgan fingerprint density at radius 1 is 1.19 bits per heavy atom. The Bertz CT molecular complexity index is 804. The Hall–Kier alpha value is -1.93. The number of sulfonamides is 1. The molecule has 1 saturated heterocycles. The van der Waals surface area contributed by atoms with Crippen LogP contribution < -0.4 is 4.74 Å². The zero-order chi connectivity index (χ0) is 18.6. The van der Waals surface area contributed by atoms with Gasteiger partial charge in [-0.2, -0.15) is 4.31 Å². The molecule has 1 N–H and O–H groups in total. The second-order valence-electron chi connectivity index (χ2n) is 6.37. The van der Waals surface area contributed by atoms with E-state index < -0.39 is 16.1 Å². The van der Waals surface area contributed by atoms with Gasteiger partial charge in [0, 0.05) is 13.1 Å². The summed E-state index contributed by atoms with van der Waals surface area (Å²) in [6, 6.07) is 15.8. The lowest BCUT2D eigenvalue weighted by molar-refractivity contribution is 0.0880. The van der Waals surface area contributed by atoms with Gasteiger partial charge in [0.1, 0.15) is 18.5 Å². The van der Waals surface area contributed by atoms with E-state index in [1.165, 1.54) is 4.31 Å². The smallest absolute Gasteiger partial charge is 0.243 e. The van der Waals surface area contributed by atoms with Gasteiger partial charge in [-0.25, -0.2) is 8.42 Å². The Kier molecular flexibility index (Phi) is 5.93. The number of aliphatic hydroxyl groups is 1. The average Bonchev–Trinajstić information content (AvgIpc) is 3.45. The van der Waals surface area contributed by atoms with Crippen molar-refractivity contribution in [3.8, 4) is 5.75 Å². The number of benzene rings is 2. The lowest BCUT2D eigenvalue weighted by atomic mass is 10.2. The topological polar surface area (TPSA) is 79.4 Å². The molecule has 0 aliphatic carbocycles. The summed E-state index contributed by atoms with van der Waals surface area (Å²) < 4.78 is 37.8.